The molecule has 0 radical (unpaired) electrons. The van der Waals surface area contributed by atoms with Crippen LogP contribution >= 0.6 is 11.6 Å². The summed E-state index contributed by atoms with van der Waals surface area (Å²) in [5.41, 5.74) is 0.0341. The minimum absolute atomic E-state index is 0.314. The first-order valence-electron chi connectivity index (χ1n) is 6.08. The van der Waals surface area contributed by atoms with Gasteiger partial charge in [-0.05, 0) is 24.3 Å². The molecule has 6 nitrogen and oxygen atoms in total. The van der Waals surface area contributed by atoms with Gasteiger partial charge in [0, 0.05) is 22.8 Å². The molecule has 0 saturated heterocycles. The summed E-state index contributed by atoms with van der Waals surface area (Å²) in [6, 6.07) is 9.21. The fourth-order valence-electron chi connectivity index (χ4n) is 1.66. The first-order chi connectivity index (χ1) is 10.5. The highest BCUT2D eigenvalue weighted by Gasteiger charge is 2.17. The highest BCUT2D eigenvalue weighted by Crippen LogP contribution is 2.27. The van der Waals surface area contributed by atoms with Crippen molar-refractivity contribution >= 4 is 28.9 Å². The van der Waals surface area contributed by atoms with Gasteiger partial charge in [-0.1, -0.05) is 17.7 Å². The van der Waals surface area contributed by atoms with E-state index in [2.05, 4.69) is 5.32 Å². The Kier molecular flexibility index (Phi) is 4.90. The maximum absolute atomic E-state index is 13.1. The van der Waals surface area contributed by atoms with Gasteiger partial charge in [0.25, 0.3) is 5.91 Å². The fraction of sp³-hybridized carbons (Fsp3) is 0.0714. The van der Waals surface area contributed by atoms with Crippen molar-refractivity contribution in [1.82, 2.24) is 0 Å². The van der Waals surface area contributed by atoms with E-state index in [1.54, 1.807) is 18.2 Å². The molecule has 0 unspecified atom stereocenters. The van der Waals surface area contributed by atoms with E-state index in [0.29, 0.717) is 10.7 Å². The average molecular weight is 325 g/mol. The molecular formula is C14H10ClFN2O4. The predicted octanol–water partition coefficient (Wildman–Crippen LogP) is 3.40. The second-order valence-electron chi connectivity index (χ2n) is 4.22. The summed E-state index contributed by atoms with van der Waals surface area (Å²) in [6.45, 7) is -0.503. The summed E-state index contributed by atoms with van der Waals surface area (Å²) in [5.74, 6) is -1.57. The van der Waals surface area contributed by atoms with Crippen molar-refractivity contribution in [3.05, 3.63) is 63.4 Å². The van der Waals surface area contributed by atoms with E-state index >= 15 is 0 Å². The van der Waals surface area contributed by atoms with E-state index < -0.39 is 28.9 Å². The highest BCUT2D eigenvalue weighted by atomic mass is 35.5. The molecule has 0 saturated carbocycles. The van der Waals surface area contributed by atoms with Crippen LogP contribution in [0, 0.1) is 15.9 Å². The van der Waals surface area contributed by atoms with Crippen LogP contribution in [0.5, 0.6) is 5.75 Å². The molecule has 114 valence electrons. The second kappa shape index (κ2) is 6.86. The van der Waals surface area contributed by atoms with Crippen LogP contribution in [0.15, 0.2) is 42.5 Å². The Morgan fingerprint density at radius 1 is 1.32 bits per heavy atom. The summed E-state index contributed by atoms with van der Waals surface area (Å²) in [6.07, 6.45) is 0. The minimum Gasteiger partial charge on any atom is -0.477 e. The molecule has 0 aromatic heterocycles. The van der Waals surface area contributed by atoms with E-state index in [1.165, 1.54) is 6.07 Å². The van der Waals surface area contributed by atoms with Crippen LogP contribution in [0.1, 0.15) is 0 Å². The zero-order valence-electron chi connectivity index (χ0n) is 11.1. The van der Waals surface area contributed by atoms with Gasteiger partial charge in [-0.25, -0.2) is 4.39 Å². The zero-order chi connectivity index (χ0) is 16.1. The number of anilines is 1. The lowest BCUT2D eigenvalue weighted by atomic mass is 10.3. The number of carbonyl (C=O) groups is 1. The van der Waals surface area contributed by atoms with Crippen molar-refractivity contribution in [3.8, 4) is 5.75 Å². The number of halogens is 2. The Bertz CT molecular complexity index is 724. The Balaban J connectivity index is 2.02. The lowest BCUT2D eigenvalue weighted by Gasteiger charge is -2.08. The normalized spacial score (nSPS) is 10.1. The van der Waals surface area contributed by atoms with Crippen LogP contribution in [0.3, 0.4) is 0 Å². The van der Waals surface area contributed by atoms with Crippen molar-refractivity contribution in [2.45, 2.75) is 0 Å². The van der Waals surface area contributed by atoms with Gasteiger partial charge < -0.3 is 10.1 Å². The van der Waals surface area contributed by atoms with Crippen molar-refractivity contribution in [1.29, 1.82) is 0 Å². The van der Waals surface area contributed by atoms with E-state index in [-0.39, 0.29) is 5.75 Å². The predicted molar refractivity (Wildman–Crippen MR) is 78.6 cm³/mol. The molecule has 2 rings (SSSR count). The van der Waals surface area contributed by atoms with Crippen molar-refractivity contribution < 1.29 is 18.8 Å². The molecule has 0 aliphatic carbocycles. The molecule has 0 fully saturated rings. The largest absolute Gasteiger partial charge is 0.477 e. The summed E-state index contributed by atoms with van der Waals surface area (Å²) < 4.78 is 18.1. The molecular weight excluding hydrogens is 315 g/mol. The molecule has 0 spiro atoms. The number of nitrogens with one attached hydrogen (secondary N) is 1. The molecule has 0 atom stereocenters. The quantitative estimate of drug-likeness (QED) is 0.675. The van der Waals surface area contributed by atoms with Crippen molar-refractivity contribution in [2.75, 3.05) is 11.9 Å². The number of hydrogen-bond donors (Lipinski definition) is 1. The third kappa shape index (κ3) is 4.16. The minimum atomic E-state index is -0.719. The van der Waals surface area contributed by atoms with Gasteiger partial charge in [-0.15, -0.1) is 0 Å². The van der Waals surface area contributed by atoms with Crippen LogP contribution in [0.25, 0.3) is 0 Å². The van der Waals surface area contributed by atoms with Gasteiger partial charge in [0.05, 0.1) is 4.92 Å². The SMILES string of the molecule is O=C(COc1cc(F)ccc1[N+](=O)[O-])Nc1cccc(Cl)c1. The standard InChI is InChI=1S/C14H10ClFN2O4/c15-9-2-1-3-11(6-9)17-14(19)8-22-13-7-10(16)4-5-12(13)18(20)21/h1-7H,8H2,(H,17,19). The summed E-state index contributed by atoms with van der Waals surface area (Å²) in [5, 5.41) is 13.7. The van der Waals surface area contributed by atoms with Crippen LogP contribution in [-0.4, -0.2) is 17.4 Å². The Labute approximate surface area is 129 Å². The Morgan fingerprint density at radius 3 is 2.77 bits per heavy atom. The molecule has 0 bridgehead atoms. The second-order valence-corrected chi connectivity index (χ2v) is 4.65. The topological polar surface area (TPSA) is 81.5 Å². The van der Waals surface area contributed by atoms with E-state index in [1.807, 2.05) is 0 Å². The van der Waals surface area contributed by atoms with Gasteiger partial charge >= 0.3 is 5.69 Å². The van der Waals surface area contributed by atoms with Gasteiger partial charge in [0.1, 0.15) is 5.82 Å². The van der Waals surface area contributed by atoms with Crippen LogP contribution < -0.4 is 10.1 Å². The summed E-state index contributed by atoms with van der Waals surface area (Å²) >= 11 is 5.78. The molecule has 8 heteroatoms. The molecule has 1 N–H and O–H groups in total. The number of rotatable bonds is 5. The third-order valence-corrected chi connectivity index (χ3v) is 2.82. The molecule has 0 aliphatic heterocycles. The molecule has 0 aliphatic rings. The van der Waals surface area contributed by atoms with Crippen LogP contribution in [0.2, 0.25) is 5.02 Å². The van der Waals surface area contributed by atoms with E-state index in [0.717, 1.165) is 18.2 Å². The van der Waals surface area contributed by atoms with Gasteiger partial charge in [0.2, 0.25) is 5.75 Å². The van der Waals surface area contributed by atoms with Gasteiger partial charge in [-0.2, -0.15) is 0 Å². The lowest BCUT2D eigenvalue weighted by molar-refractivity contribution is -0.385. The maximum Gasteiger partial charge on any atom is 0.311 e. The van der Waals surface area contributed by atoms with E-state index in [9.17, 15) is 19.3 Å². The highest BCUT2D eigenvalue weighted by molar-refractivity contribution is 6.30. The average Bonchev–Trinajstić information content (AvgIpc) is 2.45. The first-order valence-corrected chi connectivity index (χ1v) is 6.45. The summed E-state index contributed by atoms with van der Waals surface area (Å²) in [7, 11) is 0. The molecule has 0 heterocycles. The van der Waals surface area contributed by atoms with E-state index in [4.69, 9.17) is 16.3 Å². The van der Waals surface area contributed by atoms with Crippen LogP contribution in [0.4, 0.5) is 15.8 Å². The molecule has 2 aromatic rings. The van der Waals surface area contributed by atoms with Crippen molar-refractivity contribution in [2.24, 2.45) is 0 Å². The Morgan fingerprint density at radius 2 is 2.09 bits per heavy atom. The zero-order valence-corrected chi connectivity index (χ0v) is 11.8. The number of benzene rings is 2. The number of amides is 1. The third-order valence-electron chi connectivity index (χ3n) is 2.59. The number of carbonyl (C=O) groups excluding carboxylic acids is 1. The monoisotopic (exact) mass is 324 g/mol. The summed E-state index contributed by atoms with van der Waals surface area (Å²) in [4.78, 5) is 21.8. The number of nitro groups is 1. The molecule has 1 amide bonds. The number of nitrogens with zero attached hydrogens (tertiary/aromatic N) is 1. The first kappa shape index (κ1) is 15.7. The van der Waals surface area contributed by atoms with Crippen LogP contribution in [-0.2, 0) is 4.79 Å². The van der Waals surface area contributed by atoms with Crippen molar-refractivity contribution in [3.63, 3.8) is 0 Å². The lowest BCUT2D eigenvalue weighted by Crippen LogP contribution is -2.20. The fourth-order valence-corrected chi connectivity index (χ4v) is 1.85. The number of ether oxygens (including phenoxy) is 1. The Hall–Kier alpha value is -2.67. The number of hydrogen-bond acceptors (Lipinski definition) is 4. The number of nitro benzene ring substituents is 1. The molecule has 22 heavy (non-hydrogen) atoms. The smallest absolute Gasteiger partial charge is 0.311 e. The van der Waals surface area contributed by atoms with Gasteiger partial charge in [0.15, 0.2) is 6.61 Å². The van der Waals surface area contributed by atoms with Gasteiger partial charge in [-0.3, -0.25) is 14.9 Å². The molecule has 2 aromatic carbocycles. The maximum atomic E-state index is 13.1.